The van der Waals surface area contributed by atoms with E-state index in [0.29, 0.717) is 17.1 Å². The van der Waals surface area contributed by atoms with Gasteiger partial charge in [-0.2, -0.15) is 5.26 Å². The number of aliphatic hydroxyl groups excluding tert-OH is 1. The van der Waals surface area contributed by atoms with Gasteiger partial charge < -0.3 is 10.4 Å². The fourth-order valence-electron chi connectivity index (χ4n) is 3.77. The number of likely N-dealkylation sites (tertiary alicyclic amines) is 1. The first-order valence-electron chi connectivity index (χ1n) is 8.92. The van der Waals surface area contributed by atoms with Crippen LogP contribution in [0.25, 0.3) is 0 Å². The first-order chi connectivity index (χ1) is 11.7. The third-order valence-electron chi connectivity index (χ3n) is 5.09. The van der Waals surface area contributed by atoms with Crippen molar-refractivity contribution < 1.29 is 9.90 Å². The molecular formula is C18H25N3O2S. The molecule has 6 heteroatoms. The van der Waals surface area contributed by atoms with Crippen LogP contribution < -0.4 is 5.32 Å². The highest BCUT2D eigenvalue weighted by Gasteiger charge is 2.25. The van der Waals surface area contributed by atoms with E-state index in [0.717, 1.165) is 57.1 Å². The Labute approximate surface area is 147 Å². The molecule has 0 bridgehead atoms. The molecule has 1 atom stereocenters. The van der Waals surface area contributed by atoms with E-state index >= 15 is 0 Å². The van der Waals surface area contributed by atoms with Crippen molar-refractivity contribution in [2.24, 2.45) is 0 Å². The molecule has 1 unspecified atom stereocenters. The minimum Gasteiger partial charge on any atom is -0.395 e. The number of hydrogen-bond donors (Lipinski definition) is 2. The summed E-state index contributed by atoms with van der Waals surface area (Å²) in [7, 11) is 0. The van der Waals surface area contributed by atoms with Gasteiger partial charge in [-0.3, -0.25) is 9.69 Å². The fourth-order valence-corrected chi connectivity index (χ4v) is 5.03. The summed E-state index contributed by atoms with van der Waals surface area (Å²) in [5.74, 6) is -0.0803. The zero-order chi connectivity index (χ0) is 16.9. The van der Waals surface area contributed by atoms with Crippen LogP contribution in [-0.2, 0) is 17.6 Å². The minimum absolute atomic E-state index is 0.0803. The third kappa shape index (κ3) is 3.80. The number of aryl methyl sites for hydroxylation is 1. The van der Waals surface area contributed by atoms with E-state index in [1.807, 2.05) is 0 Å². The Morgan fingerprint density at radius 2 is 2.12 bits per heavy atom. The Bertz CT molecular complexity index is 635. The molecule has 1 aliphatic heterocycles. The number of hydrogen-bond acceptors (Lipinski definition) is 5. The van der Waals surface area contributed by atoms with Crippen molar-refractivity contribution in [3.05, 3.63) is 16.0 Å². The van der Waals surface area contributed by atoms with E-state index in [9.17, 15) is 15.2 Å². The van der Waals surface area contributed by atoms with Crippen molar-refractivity contribution in [1.82, 2.24) is 4.90 Å². The van der Waals surface area contributed by atoms with Crippen molar-refractivity contribution in [3.63, 3.8) is 0 Å². The quantitative estimate of drug-likeness (QED) is 0.821. The molecule has 130 valence electrons. The number of anilines is 1. The number of rotatable bonds is 4. The maximum atomic E-state index is 12.5. The van der Waals surface area contributed by atoms with E-state index in [2.05, 4.69) is 16.3 Å². The number of aliphatic hydroxyl groups is 1. The van der Waals surface area contributed by atoms with Crippen LogP contribution in [0.3, 0.4) is 0 Å². The normalized spacial score (nSPS) is 21.6. The molecule has 5 nitrogen and oxygen atoms in total. The van der Waals surface area contributed by atoms with Gasteiger partial charge in [0, 0.05) is 10.9 Å². The van der Waals surface area contributed by atoms with E-state index in [1.54, 1.807) is 11.3 Å². The number of nitrogens with one attached hydrogen (secondary N) is 1. The number of amides is 1. The SMILES string of the molecule is N#Cc1c(NC(=O)CN2CCCCC2CO)sc2c1CCCCC2. The molecule has 0 saturated carbocycles. The largest absolute Gasteiger partial charge is 0.395 e. The molecule has 2 heterocycles. The standard InChI is InChI=1S/C18H25N3O2S/c19-10-15-14-7-2-1-3-8-16(14)24-18(15)20-17(23)11-21-9-5-4-6-13(21)12-22/h13,22H,1-9,11-12H2,(H,20,23). The predicted octanol–water partition coefficient (Wildman–Crippen LogP) is 2.67. The molecule has 1 aromatic heterocycles. The van der Waals surface area contributed by atoms with Crippen LogP contribution in [0, 0.1) is 11.3 Å². The summed E-state index contributed by atoms with van der Waals surface area (Å²) in [6, 6.07) is 2.39. The van der Waals surface area contributed by atoms with Gasteiger partial charge >= 0.3 is 0 Å². The zero-order valence-corrected chi connectivity index (χ0v) is 14.8. The lowest BCUT2D eigenvalue weighted by Crippen LogP contribution is -2.45. The van der Waals surface area contributed by atoms with E-state index in [1.165, 1.54) is 11.3 Å². The summed E-state index contributed by atoms with van der Waals surface area (Å²) in [5.41, 5.74) is 1.82. The molecule has 1 amide bonds. The summed E-state index contributed by atoms with van der Waals surface area (Å²) in [6.45, 7) is 1.24. The van der Waals surface area contributed by atoms with Crippen LogP contribution in [0.15, 0.2) is 0 Å². The summed E-state index contributed by atoms with van der Waals surface area (Å²) in [4.78, 5) is 15.8. The Balaban J connectivity index is 1.69. The van der Waals surface area contributed by atoms with Crippen molar-refractivity contribution >= 4 is 22.2 Å². The average Bonchev–Trinajstić information content (AvgIpc) is 2.75. The Morgan fingerprint density at radius 3 is 2.92 bits per heavy atom. The highest BCUT2D eigenvalue weighted by molar-refractivity contribution is 7.16. The molecule has 2 N–H and O–H groups in total. The van der Waals surface area contributed by atoms with Gasteiger partial charge in [-0.25, -0.2) is 0 Å². The number of carbonyl (C=O) groups is 1. The molecule has 24 heavy (non-hydrogen) atoms. The van der Waals surface area contributed by atoms with Gasteiger partial charge in [0.15, 0.2) is 0 Å². The lowest BCUT2D eigenvalue weighted by Gasteiger charge is -2.33. The lowest BCUT2D eigenvalue weighted by atomic mass is 10.0. The first kappa shape index (κ1) is 17.4. The molecular weight excluding hydrogens is 322 g/mol. The predicted molar refractivity (Wildman–Crippen MR) is 95.2 cm³/mol. The van der Waals surface area contributed by atoms with Gasteiger partial charge in [0.2, 0.25) is 5.91 Å². The van der Waals surface area contributed by atoms with Crippen LogP contribution >= 0.6 is 11.3 Å². The summed E-state index contributed by atoms with van der Waals surface area (Å²) >= 11 is 1.57. The molecule has 1 fully saturated rings. The Morgan fingerprint density at radius 1 is 1.29 bits per heavy atom. The van der Waals surface area contributed by atoms with Gasteiger partial charge in [-0.1, -0.05) is 12.8 Å². The molecule has 3 rings (SSSR count). The number of nitriles is 1. The molecule has 2 aliphatic rings. The second-order valence-electron chi connectivity index (χ2n) is 6.73. The lowest BCUT2D eigenvalue weighted by molar-refractivity contribution is -0.118. The molecule has 0 radical (unpaired) electrons. The van der Waals surface area contributed by atoms with Crippen molar-refractivity contribution in [3.8, 4) is 6.07 Å². The zero-order valence-electron chi connectivity index (χ0n) is 14.0. The summed E-state index contributed by atoms with van der Waals surface area (Å²) in [5, 5.41) is 22.7. The van der Waals surface area contributed by atoms with Crippen LogP contribution in [0.1, 0.15) is 54.5 Å². The van der Waals surface area contributed by atoms with Crippen molar-refractivity contribution in [1.29, 1.82) is 5.26 Å². The van der Waals surface area contributed by atoms with Gasteiger partial charge in [-0.05, 0) is 50.6 Å². The topological polar surface area (TPSA) is 76.4 Å². The van der Waals surface area contributed by atoms with E-state index < -0.39 is 0 Å². The molecule has 1 saturated heterocycles. The van der Waals surface area contributed by atoms with Crippen LogP contribution in [0.4, 0.5) is 5.00 Å². The third-order valence-corrected chi connectivity index (χ3v) is 6.30. The maximum absolute atomic E-state index is 12.5. The number of thiophene rings is 1. The second-order valence-corrected chi connectivity index (χ2v) is 7.84. The van der Waals surface area contributed by atoms with Gasteiger partial charge in [0.05, 0.1) is 18.7 Å². The smallest absolute Gasteiger partial charge is 0.239 e. The number of fused-ring (bicyclic) bond motifs is 1. The summed E-state index contributed by atoms with van der Waals surface area (Å²) < 4.78 is 0. The maximum Gasteiger partial charge on any atom is 0.239 e. The molecule has 0 aromatic carbocycles. The average molecular weight is 347 g/mol. The Hall–Kier alpha value is -1.42. The minimum atomic E-state index is -0.0803. The van der Waals surface area contributed by atoms with Crippen molar-refractivity contribution in [2.75, 3.05) is 25.0 Å². The number of carbonyl (C=O) groups excluding carboxylic acids is 1. The molecule has 1 aliphatic carbocycles. The summed E-state index contributed by atoms with van der Waals surface area (Å²) in [6.07, 6.45) is 8.59. The highest BCUT2D eigenvalue weighted by atomic mass is 32.1. The number of piperidine rings is 1. The fraction of sp³-hybridized carbons (Fsp3) is 0.667. The van der Waals surface area contributed by atoms with E-state index in [4.69, 9.17) is 0 Å². The van der Waals surface area contributed by atoms with Gasteiger partial charge in [0.1, 0.15) is 11.1 Å². The monoisotopic (exact) mass is 347 g/mol. The van der Waals surface area contributed by atoms with Crippen molar-refractivity contribution in [2.45, 2.75) is 57.4 Å². The van der Waals surface area contributed by atoms with Crippen LogP contribution in [0.5, 0.6) is 0 Å². The van der Waals surface area contributed by atoms with E-state index in [-0.39, 0.29) is 18.6 Å². The Kier molecular flexibility index (Phi) is 5.88. The second kappa shape index (κ2) is 8.11. The van der Waals surface area contributed by atoms with Crippen LogP contribution in [-0.4, -0.2) is 41.7 Å². The molecule has 1 aromatic rings. The van der Waals surface area contributed by atoms with Gasteiger partial charge in [-0.15, -0.1) is 11.3 Å². The van der Waals surface area contributed by atoms with Gasteiger partial charge in [0.25, 0.3) is 0 Å². The molecule has 0 spiro atoms. The number of nitrogens with zero attached hydrogens (tertiary/aromatic N) is 2. The highest BCUT2D eigenvalue weighted by Crippen LogP contribution is 2.37. The first-order valence-corrected chi connectivity index (χ1v) is 9.74. The van der Waals surface area contributed by atoms with Crippen LogP contribution in [0.2, 0.25) is 0 Å².